The highest BCUT2D eigenvalue weighted by molar-refractivity contribution is 5.98. The Labute approximate surface area is 177 Å². The molecule has 1 N–H and O–H groups in total. The third-order valence-corrected chi connectivity index (χ3v) is 4.98. The molecule has 0 bridgehead atoms. The minimum Gasteiger partial charge on any atom is -0.467 e. The highest BCUT2D eigenvalue weighted by Crippen LogP contribution is 2.13. The van der Waals surface area contributed by atoms with Crippen LogP contribution in [0.5, 0.6) is 0 Å². The average Bonchev–Trinajstić information content (AvgIpc) is 3.26. The minimum atomic E-state index is -0.133. The van der Waals surface area contributed by atoms with Gasteiger partial charge in [-0.2, -0.15) is 0 Å². The summed E-state index contributed by atoms with van der Waals surface area (Å²) in [4.78, 5) is 24.5. The number of benzene rings is 2. The van der Waals surface area contributed by atoms with Gasteiger partial charge in [-0.3, -0.25) is 9.59 Å². The number of ether oxygens (including phenoxy) is 1. The van der Waals surface area contributed by atoms with Crippen LogP contribution in [0, 0.1) is 13.8 Å². The van der Waals surface area contributed by atoms with E-state index in [2.05, 4.69) is 5.32 Å². The first kappa shape index (κ1) is 21.5. The summed E-state index contributed by atoms with van der Waals surface area (Å²) in [6.45, 7) is 5.30. The number of nitrogens with one attached hydrogen (secondary N) is 1. The first-order valence-corrected chi connectivity index (χ1v) is 10.1. The Morgan fingerprint density at radius 1 is 0.900 bits per heavy atom. The zero-order valence-electron chi connectivity index (χ0n) is 17.4. The van der Waals surface area contributed by atoms with E-state index in [1.807, 2.05) is 68.4 Å². The van der Waals surface area contributed by atoms with E-state index in [0.29, 0.717) is 25.3 Å². The molecule has 2 aromatic carbocycles. The maximum atomic E-state index is 12.3. The number of aryl methyl sites for hydroxylation is 2. The summed E-state index contributed by atoms with van der Waals surface area (Å²) in [7, 11) is 0. The van der Waals surface area contributed by atoms with Crippen LogP contribution >= 0.6 is 0 Å². The molecule has 30 heavy (non-hydrogen) atoms. The number of furan rings is 1. The third-order valence-electron chi connectivity index (χ3n) is 4.98. The maximum absolute atomic E-state index is 12.3. The Morgan fingerprint density at radius 2 is 1.73 bits per heavy atom. The summed E-state index contributed by atoms with van der Waals surface area (Å²) in [6.07, 6.45) is 2.00. The van der Waals surface area contributed by atoms with Crippen molar-refractivity contribution in [2.45, 2.75) is 46.4 Å². The van der Waals surface area contributed by atoms with Gasteiger partial charge in [0, 0.05) is 24.9 Å². The monoisotopic (exact) mass is 405 g/mol. The Kier molecular flexibility index (Phi) is 7.57. The number of Topliss-reactive ketones (excluding diaryl/α,β-unsaturated/α-hetero) is 1. The average molecular weight is 405 g/mol. The molecule has 0 saturated heterocycles. The lowest BCUT2D eigenvalue weighted by atomic mass is 10.0. The maximum Gasteiger partial charge on any atom is 0.220 e. The fraction of sp³-hybridized carbons (Fsp3) is 0.280. The first-order chi connectivity index (χ1) is 14.5. The van der Waals surface area contributed by atoms with E-state index in [1.54, 1.807) is 6.26 Å². The van der Waals surface area contributed by atoms with E-state index in [-0.39, 0.29) is 24.5 Å². The van der Waals surface area contributed by atoms with Crippen molar-refractivity contribution >= 4 is 11.7 Å². The fourth-order valence-electron chi connectivity index (χ4n) is 3.07. The predicted molar refractivity (Wildman–Crippen MR) is 115 cm³/mol. The van der Waals surface area contributed by atoms with Gasteiger partial charge in [-0.15, -0.1) is 0 Å². The van der Waals surface area contributed by atoms with Gasteiger partial charge < -0.3 is 14.5 Å². The molecule has 0 aliphatic carbocycles. The van der Waals surface area contributed by atoms with Crippen molar-refractivity contribution in [3.8, 4) is 0 Å². The number of carbonyl (C=O) groups excluding carboxylic acids is 2. The summed E-state index contributed by atoms with van der Waals surface area (Å²) in [6, 6.07) is 17.2. The van der Waals surface area contributed by atoms with Crippen molar-refractivity contribution in [3.63, 3.8) is 0 Å². The summed E-state index contributed by atoms with van der Waals surface area (Å²) < 4.78 is 10.9. The van der Waals surface area contributed by atoms with Crippen molar-refractivity contribution in [2.24, 2.45) is 0 Å². The normalized spacial score (nSPS) is 10.7. The molecule has 0 aliphatic rings. The van der Waals surface area contributed by atoms with Crippen LogP contribution < -0.4 is 5.32 Å². The molecule has 0 atom stereocenters. The quantitative estimate of drug-likeness (QED) is 0.488. The Hall–Kier alpha value is -3.18. The standard InChI is InChI=1S/C25H27NO4/c1-18-8-9-22(13-19(18)2)24(27)10-11-25(28)26-15-20-5-3-6-21(14-20)16-29-17-23-7-4-12-30-23/h3-9,12-14H,10-11,15-17H2,1-2H3,(H,26,28). The van der Waals surface area contributed by atoms with E-state index in [4.69, 9.17) is 9.15 Å². The number of amides is 1. The highest BCUT2D eigenvalue weighted by atomic mass is 16.5. The van der Waals surface area contributed by atoms with Crippen LogP contribution in [0.3, 0.4) is 0 Å². The summed E-state index contributed by atoms with van der Waals surface area (Å²) in [5.41, 5.74) is 4.91. The minimum absolute atomic E-state index is 0.0102. The molecular formula is C25H27NO4. The van der Waals surface area contributed by atoms with E-state index in [0.717, 1.165) is 28.0 Å². The number of ketones is 1. The van der Waals surface area contributed by atoms with Crippen molar-refractivity contribution < 1.29 is 18.7 Å². The van der Waals surface area contributed by atoms with Crippen LogP contribution in [-0.4, -0.2) is 11.7 Å². The zero-order chi connectivity index (χ0) is 21.3. The molecule has 5 nitrogen and oxygen atoms in total. The van der Waals surface area contributed by atoms with Gasteiger partial charge in [-0.25, -0.2) is 0 Å². The predicted octanol–water partition coefficient (Wildman–Crippen LogP) is 4.89. The van der Waals surface area contributed by atoms with E-state index in [9.17, 15) is 9.59 Å². The number of hydrogen-bond donors (Lipinski definition) is 1. The van der Waals surface area contributed by atoms with Crippen LogP contribution in [0.25, 0.3) is 0 Å². The van der Waals surface area contributed by atoms with Crippen molar-refractivity contribution in [2.75, 3.05) is 0 Å². The Morgan fingerprint density at radius 3 is 2.50 bits per heavy atom. The van der Waals surface area contributed by atoms with Crippen molar-refractivity contribution in [3.05, 3.63) is 94.4 Å². The number of hydrogen-bond acceptors (Lipinski definition) is 4. The third kappa shape index (κ3) is 6.42. The molecule has 0 spiro atoms. The van der Waals surface area contributed by atoms with Gasteiger partial charge in [0.25, 0.3) is 0 Å². The van der Waals surface area contributed by atoms with Crippen LogP contribution in [0.4, 0.5) is 0 Å². The molecule has 0 unspecified atom stereocenters. The first-order valence-electron chi connectivity index (χ1n) is 10.1. The molecule has 3 aromatic rings. The second kappa shape index (κ2) is 10.6. The van der Waals surface area contributed by atoms with Gasteiger partial charge >= 0.3 is 0 Å². The highest BCUT2D eigenvalue weighted by Gasteiger charge is 2.10. The van der Waals surface area contributed by atoms with Crippen LogP contribution in [0.2, 0.25) is 0 Å². The Bertz CT molecular complexity index is 992. The molecule has 0 aliphatic heterocycles. The smallest absolute Gasteiger partial charge is 0.220 e. The molecule has 0 radical (unpaired) electrons. The van der Waals surface area contributed by atoms with Crippen LogP contribution in [-0.2, 0) is 29.3 Å². The molecule has 1 amide bonds. The lowest BCUT2D eigenvalue weighted by Crippen LogP contribution is -2.23. The number of carbonyl (C=O) groups is 2. The van der Waals surface area contributed by atoms with Gasteiger partial charge in [-0.1, -0.05) is 36.4 Å². The van der Waals surface area contributed by atoms with Crippen LogP contribution in [0.1, 0.15) is 51.2 Å². The summed E-state index contributed by atoms with van der Waals surface area (Å²) >= 11 is 0. The van der Waals surface area contributed by atoms with Crippen molar-refractivity contribution in [1.82, 2.24) is 5.32 Å². The van der Waals surface area contributed by atoms with Gasteiger partial charge in [0.15, 0.2) is 5.78 Å². The van der Waals surface area contributed by atoms with Gasteiger partial charge in [0.1, 0.15) is 12.4 Å². The molecule has 3 rings (SSSR count). The summed E-state index contributed by atoms with van der Waals surface area (Å²) in [5, 5.41) is 2.88. The fourth-order valence-corrected chi connectivity index (χ4v) is 3.07. The lowest BCUT2D eigenvalue weighted by molar-refractivity contribution is -0.121. The molecule has 156 valence electrons. The van der Waals surface area contributed by atoms with Crippen molar-refractivity contribution in [1.29, 1.82) is 0 Å². The van der Waals surface area contributed by atoms with E-state index < -0.39 is 0 Å². The summed E-state index contributed by atoms with van der Waals surface area (Å²) in [5.74, 6) is 0.643. The second-order valence-electron chi connectivity index (χ2n) is 7.39. The lowest BCUT2D eigenvalue weighted by Gasteiger charge is -2.08. The van der Waals surface area contributed by atoms with Gasteiger partial charge in [0.05, 0.1) is 12.9 Å². The Balaban J connectivity index is 1.41. The molecule has 1 heterocycles. The van der Waals surface area contributed by atoms with Gasteiger partial charge in [0.2, 0.25) is 5.91 Å². The topological polar surface area (TPSA) is 68.5 Å². The number of rotatable bonds is 10. The van der Waals surface area contributed by atoms with E-state index in [1.165, 1.54) is 0 Å². The second-order valence-corrected chi connectivity index (χ2v) is 7.39. The van der Waals surface area contributed by atoms with E-state index >= 15 is 0 Å². The van der Waals surface area contributed by atoms with Gasteiger partial charge in [-0.05, 0) is 54.3 Å². The van der Waals surface area contributed by atoms with Crippen LogP contribution in [0.15, 0.2) is 65.3 Å². The molecule has 0 fully saturated rings. The SMILES string of the molecule is Cc1ccc(C(=O)CCC(=O)NCc2cccc(COCc3ccco3)c2)cc1C. The molecule has 5 heteroatoms. The molecule has 1 aromatic heterocycles. The molecule has 0 saturated carbocycles. The molecular weight excluding hydrogens is 378 g/mol. The largest absolute Gasteiger partial charge is 0.467 e. The zero-order valence-corrected chi connectivity index (χ0v) is 17.4.